The van der Waals surface area contributed by atoms with E-state index in [1.165, 1.54) is 0 Å². The molecule has 20 heavy (non-hydrogen) atoms. The minimum Gasteiger partial charge on any atom is -0.355 e. The quantitative estimate of drug-likeness (QED) is 0.853. The Kier molecular flexibility index (Phi) is 3.83. The molecule has 0 spiro atoms. The maximum Gasteiger partial charge on any atom is 0.230 e. The van der Waals surface area contributed by atoms with Crippen LogP contribution in [0.1, 0.15) is 39.3 Å². The van der Waals surface area contributed by atoms with Gasteiger partial charge in [0, 0.05) is 31.5 Å². The van der Waals surface area contributed by atoms with Crippen LogP contribution in [0.5, 0.6) is 0 Å². The van der Waals surface area contributed by atoms with E-state index in [-0.39, 0.29) is 23.1 Å². The van der Waals surface area contributed by atoms with Crippen LogP contribution in [0, 0.1) is 5.92 Å². The average molecular weight is 278 g/mol. The average Bonchev–Trinajstić information content (AvgIpc) is 2.71. The van der Waals surface area contributed by atoms with E-state index in [2.05, 4.69) is 36.5 Å². The summed E-state index contributed by atoms with van der Waals surface area (Å²) in [5.74, 6) is 0.482. The Morgan fingerprint density at radius 2 is 2.20 bits per heavy atom. The molecule has 0 aliphatic carbocycles. The lowest BCUT2D eigenvalue weighted by atomic mass is 9.92. The Balaban J connectivity index is 2.04. The fourth-order valence-corrected chi connectivity index (χ4v) is 2.14. The molecular formula is C14H22N4O2. The number of hydrogen-bond acceptors (Lipinski definition) is 3. The minimum atomic E-state index is -0.166. The van der Waals surface area contributed by atoms with Gasteiger partial charge in [-0.3, -0.25) is 14.3 Å². The summed E-state index contributed by atoms with van der Waals surface area (Å²) in [5.41, 5.74) is 0.881. The predicted octanol–water partition coefficient (Wildman–Crippen LogP) is 1.18. The third kappa shape index (κ3) is 3.18. The van der Waals surface area contributed by atoms with Crippen molar-refractivity contribution in [1.29, 1.82) is 0 Å². The van der Waals surface area contributed by atoms with Crippen LogP contribution in [-0.2, 0) is 22.1 Å². The first-order valence-corrected chi connectivity index (χ1v) is 6.89. The summed E-state index contributed by atoms with van der Waals surface area (Å²) in [6, 6.07) is 1.90. The summed E-state index contributed by atoms with van der Waals surface area (Å²) in [6.07, 6.45) is 1.01. The van der Waals surface area contributed by atoms with Gasteiger partial charge in [0.15, 0.2) is 0 Å². The highest BCUT2D eigenvalue weighted by molar-refractivity contribution is 5.93. The molecule has 1 fully saturated rings. The van der Waals surface area contributed by atoms with Crippen molar-refractivity contribution < 1.29 is 9.59 Å². The zero-order valence-corrected chi connectivity index (χ0v) is 12.5. The SMILES string of the molecule is Cn1nc(C(C)(C)C)cc1NC(=O)[C@H]1CCC(=O)NC1. The first kappa shape index (κ1) is 14.6. The number of aromatic nitrogens is 2. The minimum absolute atomic E-state index is 0.0182. The van der Waals surface area contributed by atoms with Crippen molar-refractivity contribution in [2.45, 2.75) is 39.0 Å². The molecule has 0 unspecified atom stereocenters. The molecule has 1 atom stereocenters. The lowest BCUT2D eigenvalue weighted by Crippen LogP contribution is -2.40. The molecule has 1 aliphatic heterocycles. The van der Waals surface area contributed by atoms with Gasteiger partial charge in [-0.25, -0.2) is 0 Å². The van der Waals surface area contributed by atoms with E-state index in [9.17, 15) is 9.59 Å². The van der Waals surface area contributed by atoms with Crippen LogP contribution in [0.2, 0.25) is 0 Å². The second-order valence-electron chi connectivity index (χ2n) is 6.32. The molecule has 2 rings (SSSR count). The number of amides is 2. The normalized spacial score (nSPS) is 19.6. The van der Waals surface area contributed by atoms with E-state index in [0.717, 1.165) is 5.69 Å². The summed E-state index contributed by atoms with van der Waals surface area (Å²) in [4.78, 5) is 23.3. The maximum absolute atomic E-state index is 12.2. The molecule has 0 saturated carbocycles. The molecule has 2 heterocycles. The van der Waals surface area contributed by atoms with Gasteiger partial charge in [-0.1, -0.05) is 20.8 Å². The van der Waals surface area contributed by atoms with Gasteiger partial charge in [0.1, 0.15) is 5.82 Å². The fraction of sp³-hybridized carbons (Fsp3) is 0.643. The third-order valence-electron chi connectivity index (χ3n) is 3.54. The Morgan fingerprint density at radius 3 is 2.70 bits per heavy atom. The standard InChI is InChI=1S/C14H22N4O2/c1-14(2,3)10-7-11(18(4)17-10)16-13(20)9-5-6-12(19)15-8-9/h7,9H,5-6,8H2,1-4H3,(H,15,19)(H,16,20)/t9-/m0/s1. The molecule has 6 heteroatoms. The van der Waals surface area contributed by atoms with E-state index in [0.29, 0.717) is 25.2 Å². The molecule has 0 aromatic carbocycles. The number of nitrogens with one attached hydrogen (secondary N) is 2. The Bertz CT molecular complexity index is 518. The molecule has 0 radical (unpaired) electrons. The first-order chi connectivity index (χ1) is 9.27. The lowest BCUT2D eigenvalue weighted by molar-refractivity contribution is -0.126. The monoisotopic (exact) mass is 278 g/mol. The first-order valence-electron chi connectivity index (χ1n) is 6.89. The van der Waals surface area contributed by atoms with Crippen molar-refractivity contribution in [2.24, 2.45) is 13.0 Å². The zero-order valence-electron chi connectivity index (χ0n) is 12.5. The van der Waals surface area contributed by atoms with Gasteiger partial charge in [-0.15, -0.1) is 0 Å². The van der Waals surface area contributed by atoms with Crippen LogP contribution in [0.15, 0.2) is 6.07 Å². The molecule has 0 bridgehead atoms. The van der Waals surface area contributed by atoms with Gasteiger partial charge in [0.25, 0.3) is 0 Å². The maximum atomic E-state index is 12.2. The third-order valence-corrected chi connectivity index (χ3v) is 3.54. The van der Waals surface area contributed by atoms with E-state index in [1.807, 2.05) is 13.1 Å². The molecule has 110 valence electrons. The Morgan fingerprint density at radius 1 is 1.50 bits per heavy atom. The van der Waals surface area contributed by atoms with Crippen LogP contribution in [0.4, 0.5) is 5.82 Å². The van der Waals surface area contributed by atoms with Crippen LogP contribution >= 0.6 is 0 Å². The Labute approximate surface area is 118 Å². The number of rotatable bonds is 2. The largest absolute Gasteiger partial charge is 0.355 e. The fourth-order valence-electron chi connectivity index (χ4n) is 2.14. The van der Waals surface area contributed by atoms with Gasteiger partial charge in [0.05, 0.1) is 11.6 Å². The molecule has 1 aromatic heterocycles. The number of anilines is 1. The van der Waals surface area contributed by atoms with Crippen molar-refractivity contribution in [3.63, 3.8) is 0 Å². The highest BCUT2D eigenvalue weighted by Crippen LogP contribution is 2.24. The van der Waals surface area contributed by atoms with Crippen molar-refractivity contribution in [1.82, 2.24) is 15.1 Å². The van der Waals surface area contributed by atoms with Crippen molar-refractivity contribution in [2.75, 3.05) is 11.9 Å². The number of hydrogen-bond donors (Lipinski definition) is 2. The smallest absolute Gasteiger partial charge is 0.230 e. The Hall–Kier alpha value is -1.85. The van der Waals surface area contributed by atoms with Gasteiger partial charge in [-0.2, -0.15) is 5.10 Å². The summed E-state index contributed by atoms with van der Waals surface area (Å²) in [7, 11) is 1.81. The lowest BCUT2D eigenvalue weighted by Gasteiger charge is -2.21. The summed E-state index contributed by atoms with van der Waals surface area (Å²) >= 11 is 0. The number of carbonyl (C=O) groups is 2. The van der Waals surface area contributed by atoms with Crippen LogP contribution in [0.25, 0.3) is 0 Å². The van der Waals surface area contributed by atoms with Crippen LogP contribution < -0.4 is 10.6 Å². The second-order valence-corrected chi connectivity index (χ2v) is 6.32. The van der Waals surface area contributed by atoms with E-state index >= 15 is 0 Å². The van der Waals surface area contributed by atoms with Crippen LogP contribution in [-0.4, -0.2) is 28.1 Å². The summed E-state index contributed by atoms with van der Waals surface area (Å²) in [6.45, 7) is 6.65. The van der Waals surface area contributed by atoms with Gasteiger partial charge >= 0.3 is 0 Å². The predicted molar refractivity (Wildman–Crippen MR) is 76.3 cm³/mol. The van der Waals surface area contributed by atoms with E-state index < -0.39 is 0 Å². The summed E-state index contributed by atoms with van der Waals surface area (Å²) in [5, 5.41) is 10.0. The molecule has 1 aliphatic rings. The molecule has 1 aromatic rings. The molecular weight excluding hydrogens is 256 g/mol. The van der Waals surface area contributed by atoms with Crippen molar-refractivity contribution in [3.8, 4) is 0 Å². The van der Waals surface area contributed by atoms with Crippen LogP contribution in [0.3, 0.4) is 0 Å². The highest BCUT2D eigenvalue weighted by Gasteiger charge is 2.26. The van der Waals surface area contributed by atoms with Gasteiger partial charge in [-0.05, 0) is 6.42 Å². The van der Waals surface area contributed by atoms with E-state index in [4.69, 9.17) is 0 Å². The molecule has 1 saturated heterocycles. The van der Waals surface area contributed by atoms with E-state index in [1.54, 1.807) is 4.68 Å². The molecule has 2 amide bonds. The molecule has 2 N–H and O–H groups in total. The van der Waals surface area contributed by atoms with Crippen molar-refractivity contribution in [3.05, 3.63) is 11.8 Å². The number of piperidine rings is 1. The van der Waals surface area contributed by atoms with Gasteiger partial charge < -0.3 is 10.6 Å². The van der Waals surface area contributed by atoms with Gasteiger partial charge in [0.2, 0.25) is 11.8 Å². The number of nitrogens with zero attached hydrogens (tertiary/aromatic N) is 2. The molecule has 6 nitrogen and oxygen atoms in total. The number of aryl methyl sites for hydroxylation is 1. The zero-order chi connectivity index (χ0) is 14.9. The summed E-state index contributed by atoms with van der Waals surface area (Å²) < 4.78 is 1.68. The second kappa shape index (κ2) is 5.26. The van der Waals surface area contributed by atoms with Crippen molar-refractivity contribution >= 4 is 17.6 Å². The highest BCUT2D eigenvalue weighted by atomic mass is 16.2. The topological polar surface area (TPSA) is 76.0 Å². The number of carbonyl (C=O) groups excluding carboxylic acids is 2.